The number of terminal acetylenes is 1. The lowest BCUT2D eigenvalue weighted by Crippen LogP contribution is -2.59. The Labute approximate surface area is 261 Å². The van der Waals surface area contributed by atoms with Gasteiger partial charge in [0.05, 0.1) is 12.0 Å². The van der Waals surface area contributed by atoms with Gasteiger partial charge in [0.15, 0.2) is 5.13 Å². The van der Waals surface area contributed by atoms with Gasteiger partial charge in [-0.15, -0.1) is 6.42 Å². The topological polar surface area (TPSA) is 96.5 Å². The van der Waals surface area contributed by atoms with Crippen LogP contribution in [-0.4, -0.2) is 111 Å². The molecule has 0 spiro atoms. The number of anilines is 1. The smallest absolute Gasteiger partial charge is 0.251 e. The van der Waals surface area contributed by atoms with Crippen LogP contribution in [0.5, 0.6) is 0 Å². The Morgan fingerprint density at radius 3 is 2.48 bits per heavy atom. The first-order valence-electron chi connectivity index (χ1n) is 15.3. The van der Waals surface area contributed by atoms with E-state index in [9.17, 15) is 14.0 Å². The molecule has 4 atom stereocenters. The predicted molar refractivity (Wildman–Crippen MR) is 165 cm³/mol. The minimum absolute atomic E-state index is 0.00651. The molecule has 4 heterocycles. The van der Waals surface area contributed by atoms with E-state index in [2.05, 4.69) is 33.1 Å². The summed E-state index contributed by atoms with van der Waals surface area (Å²) in [6.45, 7) is 3.86. The number of nitrogens with one attached hydrogen (secondary N) is 1. The summed E-state index contributed by atoms with van der Waals surface area (Å²) in [5, 5.41) is 3.36. The van der Waals surface area contributed by atoms with E-state index >= 15 is 0 Å². The van der Waals surface area contributed by atoms with E-state index in [0.29, 0.717) is 22.8 Å². The molecule has 4 fully saturated rings. The molecule has 12 heteroatoms. The molecule has 236 valence electrons. The number of likely N-dealkylation sites (N-methyl/N-ethyl adjacent to an activating group) is 1. The van der Waals surface area contributed by atoms with Gasteiger partial charge in [-0.1, -0.05) is 42.2 Å². The maximum atomic E-state index is 15.0. The van der Waals surface area contributed by atoms with Gasteiger partial charge in [0, 0.05) is 58.1 Å². The lowest BCUT2D eigenvalue weighted by atomic mass is 9.95. The van der Waals surface area contributed by atoms with Crippen LogP contribution in [0.4, 0.5) is 9.52 Å². The van der Waals surface area contributed by atoms with Crippen molar-refractivity contribution in [3.63, 3.8) is 0 Å². The van der Waals surface area contributed by atoms with Crippen LogP contribution < -0.4 is 10.2 Å². The Kier molecular flexibility index (Phi) is 8.95. The number of ether oxygens (including phenoxy) is 3. The number of carbonyl (C=O) groups excluding carboxylic acids is 2. The third-order valence-electron chi connectivity index (χ3n) is 9.75. The fourth-order valence-corrected chi connectivity index (χ4v) is 7.96. The Morgan fingerprint density at radius 2 is 1.84 bits per heavy atom. The van der Waals surface area contributed by atoms with Crippen molar-refractivity contribution in [2.24, 2.45) is 11.8 Å². The molecule has 3 aliphatic heterocycles. The summed E-state index contributed by atoms with van der Waals surface area (Å²) in [5.41, 5.74) is 1.26. The molecule has 44 heavy (non-hydrogen) atoms. The highest BCUT2D eigenvalue weighted by Crippen LogP contribution is 2.42. The number of fused-ring (bicyclic) bond motifs is 1. The van der Waals surface area contributed by atoms with Crippen LogP contribution in [0.1, 0.15) is 36.0 Å². The maximum absolute atomic E-state index is 15.0. The van der Waals surface area contributed by atoms with Crippen LogP contribution in [0.15, 0.2) is 24.3 Å². The van der Waals surface area contributed by atoms with Crippen molar-refractivity contribution >= 4 is 28.3 Å². The number of rotatable bonds is 8. The largest absolute Gasteiger partial charge is 0.369 e. The number of halogens is 1. The first kappa shape index (κ1) is 30.9. The Morgan fingerprint density at radius 1 is 1.16 bits per heavy atom. The summed E-state index contributed by atoms with van der Waals surface area (Å²) in [5.74, 6) is 0.741. The zero-order valence-electron chi connectivity index (χ0n) is 25.5. The first-order valence-corrected chi connectivity index (χ1v) is 16.1. The summed E-state index contributed by atoms with van der Waals surface area (Å²) in [7, 11) is 5.14. The van der Waals surface area contributed by atoms with E-state index in [0.717, 1.165) is 63.2 Å². The Bertz CT molecular complexity index is 1390. The van der Waals surface area contributed by atoms with E-state index in [-0.39, 0.29) is 41.1 Å². The van der Waals surface area contributed by atoms with Crippen LogP contribution in [0.3, 0.4) is 0 Å². The number of hydrogen-bond donors (Lipinski definition) is 1. The van der Waals surface area contributed by atoms with Gasteiger partial charge in [-0.25, -0.2) is 4.98 Å². The number of piperazine rings is 1. The fourth-order valence-electron chi connectivity index (χ4n) is 7.09. The molecule has 3 saturated heterocycles. The summed E-state index contributed by atoms with van der Waals surface area (Å²) in [4.78, 5) is 38.5. The normalized spacial score (nSPS) is 26.0. The van der Waals surface area contributed by atoms with Gasteiger partial charge in [-0.3, -0.25) is 9.59 Å². The molecule has 1 aliphatic carbocycles. The third-order valence-corrected chi connectivity index (χ3v) is 10.7. The standard InChI is InChI=1S/C32H40FN5O5S/c1-5-20-18-38(27-26(20)43-19-32(27,41-3)42-4)30(40)25(21-8-6-7-9-21)34-29(39)23-12-10-22(11-13-23)24-28(33)44-31(35-24)37-16-14-36(2)15-17-37/h1,10-13,20-21,25-27H,6-9,14-19H2,2-4H3,(H,34,39)/t20-,25?,26-,27+/m1/s1. The Balaban J connectivity index is 1.20. The molecule has 0 bridgehead atoms. The summed E-state index contributed by atoms with van der Waals surface area (Å²) in [6.07, 6.45) is 9.09. The molecule has 1 unspecified atom stereocenters. The highest BCUT2D eigenvalue weighted by molar-refractivity contribution is 7.14. The lowest BCUT2D eigenvalue weighted by molar-refractivity contribution is -0.227. The second kappa shape index (κ2) is 12.7. The molecule has 10 nitrogen and oxygen atoms in total. The van der Waals surface area contributed by atoms with Gasteiger partial charge in [0.25, 0.3) is 5.91 Å². The van der Waals surface area contributed by atoms with Crippen molar-refractivity contribution in [3.05, 3.63) is 35.0 Å². The van der Waals surface area contributed by atoms with Gasteiger partial charge >= 0.3 is 0 Å². The Hall–Kier alpha value is -3.08. The quantitative estimate of drug-likeness (QED) is 0.354. The van der Waals surface area contributed by atoms with Crippen molar-refractivity contribution in [2.45, 2.75) is 49.7 Å². The van der Waals surface area contributed by atoms with Crippen LogP contribution in [0.25, 0.3) is 11.3 Å². The average Bonchev–Trinajstić information content (AvgIpc) is 3.85. The molecule has 1 saturated carbocycles. The monoisotopic (exact) mass is 625 g/mol. The molecule has 1 N–H and O–H groups in total. The minimum atomic E-state index is -1.14. The average molecular weight is 626 g/mol. The number of likely N-dealkylation sites (tertiary alicyclic amines) is 1. The van der Waals surface area contributed by atoms with E-state index in [1.165, 1.54) is 14.2 Å². The summed E-state index contributed by atoms with van der Waals surface area (Å²) < 4.78 is 32.5. The van der Waals surface area contributed by atoms with Crippen LogP contribution >= 0.6 is 11.3 Å². The number of thiazole rings is 1. The molecular formula is C32H40FN5O5S. The number of nitrogens with zero attached hydrogens (tertiary/aromatic N) is 4. The number of benzene rings is 1. The molecule has 2 aromatic rings. The van der Waals surface area contributed by atoms with Gasteiger partial charge in [0.1, 0.15) is 24.4 Å². The molecule has 4 aliphatic rings. The van der Waals surface area contributed by atoms with E-state index in [1.807, 2.05) is 0 Å². The highest BCUT2D eigenvalue weighted by Gasteiger charge is 2.62. The number of amides is 2. The zero-order chi connectivity index (χ0) is 31.0. The van der Waals surface area contributed by atoms with Crippen molar-refractivity contribution in [1.29, 1.82) is 0 Å². The number of aromatic nitrogens is 1. The highest BCUT2D eigenvalue weighted by atomic mass is 32.1. The summed E-state index contributed by atoms with van der Waals surface area (Å²) >= 11 is 1.05. The number of carbonyl (C=O) groups is 2. The van der Waals surface area contributed by atoms with Crippen molar-refractivity contribution in [1.82, 2.24) is 20.1 Å². The van der Waals surface area contributed by atoms with Crippen LogP contribution in [0.2, 0.25) is 0 Å². The van der Waals surface area contributed by atoms with E-state index in [1.54, 1.807) is 29.2 Å². The predicted octanol–water partition coefficient (Wildman–Crippen LogP) is 2.84. The number of methoxy groups -OCH3 is 2. The van der Waals surface area contributed by atoms with Crippen LogP contribution in [0, 0.1) is 29.3 Å². The maximum Gasteiger partial charge on any atom is 0.251 e. The third kappa shape index (κ3) is 5.61. The minimum Gasteiger partial charge on any atom is -0.369 e. The molecule has 2 amide bonds. The number of hydrogen-bond acceptors (Lipinski definition) is 9. The van der Waals surface area contributed by atoms with Crippen molar-refractivity contribution < 1.29 is 28.2 Å². The lowest BCUT2D eigenvalue weighted by Gasteiger charge is -2.38. The molecule has 1 aromatic carbocycles. The van der Waals surface area contributed by atoms with Crippen molar-refractivity contribution in [2.75, 3.05) is 65.5 Å². The van der Waals surface area contributed by atoms with E-state index in [4.69, 9.17) is 20.6 Å². The SMILES string of the molecule is C#C[C@@H]1CN(C(=O)C(NC(=O)c2ccc(-c3nc(N4CCN(C)CC4)sc3F)cc2)C2CCCC2)[C@H]2[C@@H]1OCC2(OC)OC. The molecular weight excluding hydrogens is 585 g/mol. The van der Waals surface area contributed by atoms with Gasteiger partial charge < -0.3 is 34.2 Å². The molecule has 1 aromatic heterocycles. The second-order valence-electron chi connectivity index (χ2n) is 12.2. The van der Waals surface area contributed by atoms with Gasteiger partial charge in [-0.05, 0) is 37.9 Å². The van der Waals surface area contributed by atoms with Gasteiger partial charge in [-0.2, -0.15) is 4.39 Å². The second-order valence-corrected chi connectivity index (χ2v) is 13.1. The fraction of sp³-hybridized carbons (Fsp3) is 0.594. The van der Waals surface area contributed by atoms with Gasteiger partial charge in [0.2, 0.25) is 16.8 Å². The zero-order valence-corrected chi connectivity index (χ0v) is 26.3. The summed E-state index contributed by atoms with van der Waals surface area (Å²) in [6, 6.07) is 5.45. The van der Waals surface area contributed by atoms with E-state index < -0.39 is 24.0 Å². The molecule has 6 rings (SSSR count). The molecule has 0 radical (unpaired) electrons. The van der Waals surface area contributed by atoms with Crippen molar-refractivity contribution in [3.8, 4) is 23.6 Å². The first-order chi connectivity index (χ1) is 21.3. The van der Waals surface area contributed by atoms with Crippen LogP contribution in [-0.2, 0) is 19.0 Å².